The van der Waals surface area contributed by atoms with Gasteiger partial charge in [0.1, 0.15) is 6.10 Å². The zero-order valence-corrected chi connectivity index (χ0v) is 9.47. The highest BCUT2D eigenvalue weighted by molar-refractivity contribution is 5.08. The van der Waals surface area contributed by atoms with E-state index in [2.05, 4.69) is 9.47 Å². The van der Waals surface area contributed by atoms with Gasteiger partial charge in [0.15, 0.2) is 0 Å². The lowest BCUT2D eigenvalue weighted by atomic mass is 9.95. The molecule has 0 spiro atoms. The van der Waals surface area contributed by atoms with Gasteiger partial charge in [-0.2, -0.15) is 43.9 Å². The summed E-state index contributed by atoms with van der Waals surface area (Å²) in [6.07, 6.45) is -22.2. The molecule has 0 N–H and O–H groups in total. The third kappa shape index (κ3) is 2.89. The molecule has 0 aromatic rings. The maximum atomic E-state index is 13.0. The molecule has 0 aromatic carbocycles. The van der Waals surface area contributed by atoms with Gasteiger partial charge in [0.2, 0.25) is 0 Å². The van der Waals surface area contributed by atoms with Gasteiger partial charge in [-0.15, -0.1) is 0 Å². The van der Waals surface area contributed by atoms with Crippen LogP contribution in [0.4, 0.5) is 48.3 Å². The summed E-state index contributed by atoms with van der Waals surface area (Å²) in [4.78, 5) is 0. The van der Waals surface area contributed by atoms with Gasteiger partial charge in [-0.05, 0) is 0 Å². The van der Waals surface area contributed by atoms with Gasteiger partial charge >= 0.3 is 30.1 Å². The van der Waals surface area contributed by atoms with Crippen molar-refractivity contribution in [3.63, 3.8) is 0 Å². The van der Waals surface area contributed by atoms with Crippen LogP contribution in [0.25, 0.3) is 0 Å². The van der Waals surface area contributed by atoms with Crippen molar-refractivity contribution in [3.05, 3.63) is 0 Å². The van der Waals surface area contributed by atoms with E-state index in [9.17, 15) is 48.3 Å². The van der Waals surface area contributed by atoms with E-state index in [0.29, 0.717) is 0 Å². The summed E-state index contributed by atoms with van der Waals surface area (Å²) >= 11 is 0. The first kappa shape index (κ1) is 18.2. The van der Waals surface area contributed by atoms with E-state index in [1.807, 2.05) is 0 Å². The van der Waals surface area contributed by atoms with Crippen LogP contribution in [0.3, 0.4) is 0 Å². The molecule has 13 heteroatoms. The third-order valence-corrected chi connectivity index (χ3v) is 2.43. The number of halogens is 11. The molecule has 21 heavy (non-hydrogen) atoms. The van der Waals surface area contributed by atoms with Crippen LogP contribution in [-0.2, 0) is 9.47 Å². The van der Waals surface area contributed by atoms with Gasteiger partial charge in [-0.25, -0.2) is 4.39 Å². The molecular weight excluding hydrogens is 337 g/mol. The highest BCUT2D eigenvalue weighted by Gasteiger charge is 2.90. The van der Waals surface area contributed by atoms with Crippen molar-refractivity contribution in [2.24, 2.45) is 0 Å². The zero-order chi connectivity index (χ0) is 16.9. The van der Waals surface area contributed by atoms with E-state index in [1.54, 1.807) is 0 Å². The zero-order valence-electron chi connectivity index (χ0n) is 9.47. The third-order valence-electron chi connectivity index (χ3n) is 2.43. The standard InChI is InChI=1S/C8H5F11O2/c9-4(6(12,13)14,7(15,16)17)5(10,11)8(18,19)21-2-3-1-20-3/h3H,1-2H2. The predicted octanol–water partition coefficient (Wildman–Crippen LogP) is 3.46. The number of hydrogen-bond acceptors (Lipinski definition) is 2. The summed E-state index contributed by atoms with van der Waals surface area (Å²) < 4.78 is 144. The Labute approximate surface area is 108 Å². The summed E-state index contributed by atoms with van der Waals surface area (Å²) in [5.41, 5.74) is -7.49. The topological polar surface area (TPSA) is 21.8 Å². The van der Waals surface area contributed by atoms with E-state index in [4.69, 9.17) is 0 Å². The Kier molecular flexibility index (Phi) is 4.18. The molecule has 1 aliphatic rings. The van der Waals surface area contributed by atoms with E-state index >= 15 is 0 Å². The molecule has 0 amide bonds. The Balaban J connectivity index is 3.19. The first-order valence-electron chi connectivity index (χ1n) is 4.91. The second-order valence-corrected chi connectivity index (χ2v) is 4.01. The predicted molar refractivity (Wildman–Crippen MR) is 41.5 cm³/mol. The minimum atomic E-state index is -7.49. The van der Waals surface area contributed by atoms with E-state index in [0.717, 1.165) is 0 Å². The molecule has 1 saturated heterocycles. The van der Waals surface area contributed by atoms with Gasteiger partial charge in [0, 0.05) is 0 Å². The largest absolute Gasteiger partial charge is 0.438 e. The fraction of sp³-hybridized carbons (Fsp3) is 1.00. The Morgan fingerprint density at radius 2 is 1.19 bits per heavy atom. The second kappa shape index (κ2) is 4.83. The fourth-order valence-corrected chi connectivity index (χ4v) is 1.17. The summed E-state index contributed by atoms with van der Waals surface area (Å²) in [6.45, 7) is -1.69. The molecule has 0 aliphatic carbocycles. The number of rotatable bonds is 5. The average Bonchev–Trinajstić information content (AvgIpc) is 3.05. The van der Waals surface area contributed by atoms with Gasteiger partial charge in [-0.1, -0.05) is 0 Å². The Morgan fingerprint density at radius 3 is 1.48 bits per heavy atom. The molecule has 0 aromatic heterocycles. The highest BCUT2D eigenvalue weighted by Crippen LogP contribution is 2.59. The Morgan fingerprint density at radius 1 is 0.810 bits per heavy atom. The van der Waals surface area contributed by atoms with Crippen molar-refractivity contribution >= 4 is 0 Å². The van der Waals surface area contributed by atoms with Crippen LogP contribution in [0.2, 0.25) is 0 Å². The van der Waals surface area contributed by atoms with Crippen LogP contribution < -0.4 is 0 Å². The minimum absolute atomic E-state index is 0.263. The minimum Gasteiger partial charge on any atom is -0.371 e. The normalized spacial score (nSPS) is 21.6. The summed E-state index contributed by atoms with van der Waals surface area (Å²) in [6, 6.07) is 0. The van der Waals surface area contributed by atoms with Crippen LogP contribution in [-0.4, -0.2) is 49.4 Å². The van der Waals surface area contributed by atoms with E-state index in [1.165, 1.54) is 0 Å². The molecule has 1 fully saturated rings. The molecule has 2 nitrogen and oxygen atoms in total. The molecular formula is C8H5F11O2. The van der Waals surface area contributed by atoms with Crippen molar-refractivity contribution in [1.82, 2.24) is 0 Å². The quantitative estimate of drug-likeness (QED) is 0.564. The smallest absolute Gasteiger partial charge is 0.371 e. The van der Waals surface area contributed by atoms with Crippen LogP contribution >= 0.6 is 0 Å². The first-order valence-corrected chi connectivity index (χ1v) is 4.91. The van der Waals surface area contributed by atoms with Crippen LogP contribution in [0.15, 0.2) is 0 Å². The van der Waals surface area contributed by atoms with Gasteiger partial charge < -0.3 is 9.47 Å². The molecule has 1 unspecified atom stereocenters. The van der Waals surface area contributed by atoms with Crippen LogP contribution in [0.1, 0.15) is 0 Å². The van der Waals surface area contributed by atoms with Gasteiger partial charge in [-0.3, -0.25) is 0 Å². The van der Waals surface area contributed by atoms with Crippen LogP contribution in [0, 0.1) is 0 Å². The molecule has 1 aliphatic heterocycles. The lowest BCUT2D eigenvalue weighted by Gasteiger charge is -2.38. The number of hydrogen-bond donors (Lipinski definition) is 0. The summed E-state index contributed by atoms with van der Waals surface area (Å²) in [5, 5.41) is 0. The number of epoxide rings is 1. The molecule has 0 bridgehead atoms. The van der Waals surface area contributed by atoms with Gasteiger partial charge in [0.25, 0.3) is 0 Å². The van der Waals surface area contributed by atoms with Crippen molar-refractivity contribution in [2.45, 2.75) is 36.2 Å². The monoisotopic (exact) mass is 342 g/mol. The van der Waals surface area contributed by atoms with E-state index in [-0.39, 0.29) is 6.61 Å². The fourth-order valence-electron chi connectivity index (χ4n) is 1.17. The van der Waals surface area contributed by atoms with Crippen LogP contribution in [0.5, 0.6) is 0 Å². The molecule has 0 radical (unpaired) electrons. The Bertz CT molecular complexity index is 367. The molecule has 1 atom stereocenters. The molecule has 1 heterocycles. The SMILES string of the molecule is FC(F)(F)C(F)(C(F)(F)F)C(F)(F)C(F)(F)OCC1CO1. The van der Waals surface area contributed by atoms with Crippen molar-refractivity contribution in [3.8, 4) is 0 Å². The van der Waals surface area contributed by atoms with E-state index < -0.39 is 42.8 Å². The number of alkyl halides is 11. The first-order chi connectivity index (χ1) is 9.08. The second-order valence-electron chi connectivity index (χ2n) is 4.01. The molecule has 1 rings (SSSR count). The molecule has 0 saturated carbocycles. The number of ether oxygens (including phenoxy) is 2. The van der Waals surface area contributed by atoms with Crippen molar-refractivity contribution in [2.75, 3.05) is 13.2 Å². The summed E-state index contributed by atoms with van der Waals surface area (Å²) in [5.74, 6) is -7.24. The maximum absolute atomic E-state index is 13.0. The maximum Gasteiger partial charge on any atom is 0.438 e. The van der Waals surface area contributed by atoms with Crippen molar-refractivity contribution in [1.29, 1.82) is 0 Å². The lowest BCUT2D eigenvalue weighted by molar-refractivity contribution is -0.462. The highest BCUT2D eigenvalue weighted by atomic mass is 19.4. The summed E-state index contributed by atoms with van der Waals surface area (Å²) in [7, 11) is 0. The van der Waals surface area contributed by atoms with Gasteiger partial charge in [0.05, 0.1) is 13.2 Å². The Hall–Kier alpha value is -0.850. The molecule has 126 valence electrons. The van der Waals surface area contributed by atoms with Crippen molar-refractivity contribution < 1.29 is 57.8 Å². The average molecular weight is 342 g/mol. The lowest BCUT2D eigenvalue weighted by Crippen LogP contribution is -2.70.